The first-order valence-electron chi connectivity index (χ1n) is 8.43. The van der Waals surface area contributed by atoms with E-state index in [9.17, 15) is 0 Å². The molecule has 0 radical (unpaired) electrons. The molecule has 1 heterocycles. The lowest BCUT2D eigenvalue weighted by Gasteiger charge is -2.29. The molecule has 2 atom stereocenters. The Labute approximate surface area is 128 Å². The van der Waals surface area contributed by atoms with E-state index >= 15 is 0 Å². The number of para-hydroxylation sites is 1. The zero-order valence-electron chi connectivity index (χ0n) is 13.1. The molecule has 2 aliphatic rings. The summed E-state index contributed by atoms with van der Waals surface area (Å²) in [4.78, 5) is 0. The third kappa shape index (κ3) is 3.70. The third-order valence-electron chi connectivity index (χ3n) is 4.86. The van der Waals surface area contributed by atoms with Crippen LogP contribution in [0.25, 0.3) is 0 Å². The first-order valence-corrected chi connectivity index (χ1v) is 8.43. The second-order valence-electron chi connectivity index (χ2n) is 6.45. The maximum Gasteiger partial charge on any atom is 0.165 e. The molecule has 1 aliphatic heterocycles. The number of hydrogen-bond donors (Lipinski definition) is 1. The van der Waals surface area contributed by atoms with Crippen molar-refractivity contribution in [1.29, 1.82) is 0 Å². The Balaban J connectivity index is 1.58. The van der Waals surface area contributed by atoms with E-state index in [4.69, 9.17) is 9.47 Å². The minimum Gasteiger partial charge on any atom is -0.490 e. The van der Waals surface area contributed by atoms with Gasteiger partial charge in [0.15, 0.2) is 11.5 Å². The Hall–Kier alpha value is -1.22. The van der Waals surface area contributed by atoms with Crippen molar-refractivity contribution in [3.8, 4) is 11.5 Å². The van der Waals surface area contributed by atoms with Gasteiger partial charge >= 0.3 is 0 Å². The second-order valence-corrected chi connectivity index (χ2v) is 6.45. The monoisotopic (exact) mass is 289 g/mol. The van der Waals surface area contributed by atoms with Crippen LogP contribution in [0.15, 0.2) is 18.2 Å². The van der Waals surface area contributed by atoms with Crippen LogP contribution < -0.4 is 14.8 Å². The minimum absolute atomic E-state index is 0.753. The molecule has 1 N–H and O–H groups in total. The zero-order valence-corrected chi connectivity index (χ0v) is 13.1. The fourth-order valence-corrected chi connectivity index (χ4v) is 3.48. The molecule has 2 unspecified atom stereocenters. The number of hydrogen-bond acceptors (Lipinski definition) is 3. The summed E-state index contributed by atoms with van der Waals surface area (Å²) in [7, 11) is 0. The van der Waals surface area contributed by atoms with Gasteiger partial charge < -0.3 is 14.8 Å². The lowest BCUT2D eigenvalue weighted by Crippen LogP contribution is -2.29. The molecule has 0 amide bonds. The van der Waals surface area contributed by atoms with Crippen LogP contribution in [0.4, 0.5) is 0 Å². The highest BCUT2D eigenvalue weighted by atomic mass is 16.5. The van der Waals surface area contributed by atoms with E-state index in [2.05, 4.69) is 24.4 Å². The molecule has 3 rings (SSSR count). The molecular weight excluding hydrogens is 262 g/mol. The Morgan fingerprint density at radius 2 is 1.95 bits per heavy atom. The average Bonchev–Trinajstić information content (AvgIpc) is 2.75. The summed E-state index contributed by atoms with van der Waals surface area (Å²) in [6.45, 7) is 5.89. The van der Waals surface area contributed by atoms with E-state index in [-0.39, 0.29) is 0 Å². The summed E-state index contributed by atoms with van der Waals surface area (Å²) >= 11 is 0. The van der Waals surface area contributed by atoms with Gasteiger partial charge in [-0.1, -0.05) is 38.3 Å². The maximum absolute atomic E-state index is 5.88. The number of ether oxygens (including phenoxy) is 2. The quantitative estimate of drug-likeness (QED) is 0.915. The molecule has 0 bridgehead atoms. The van der Waals surface area contributed by atoms with Gasteiger partial charge in [0.2, 0.25) is 0 Å². The van der Waals surface area contributed by atoms with Crippen LogP contribution in [0.2, 0.25) is 0 Å². The van der Waals surface area contributed by atoms with Gasteiger partial charge in [-0.15, -0.1) is 0 Å². The summed E-state index contributed by atoms with van der Waals surface area (Å²) < 4.78 is 11.6. The topological polar surface area (TPSA) is 30.5 Å². The predicted molar refractivity (Wildman–Crippen MR) is 84.9 cm³/mol. The van der Waals surface area contributed by atoms with Gasteiger partial charge in [0.05, 0.1) is 13.2 Å². The maximum atomic E-state index is 5.88. The van der Waals surface area contributed by atoms with Crippen LogP contribution in [0.1, 0.15) is 44.6 Å². The molecular formula is C18H27NO2. The molecule has 1 aliphatic carbocycles. The minimum atomic E-state index is 0.753. The lowest BCUT2D eigenvalue weighted by atomic mass is 9.80. The Kier molecular flexibility index (Phi) is 5.02. The van der Waals surface area contributed by atoms with Crippen molar-refractivity contribution in [1.82, 2.24) is 5.32 Å². The van der Waals surface area contributed by atoms with Crippen molar-refractivity contribution in [2.24, 2.45) is 11.8 Å². The van der Waals surface area contributed by atoms with E-state index in [0.29, 0.717) is 0 Å². The Morgan fingerprint density at radius 3 is 2.86 bits per heavy atom. The van der Waals surface area contributed by atoms with E-state index in [0.717, 1.165) is 56.1 Å². The summed E-state index contributed by atoms with van der Waals surface area (Å²) in [5.74, 6) is 3.54. The molecule has 21 heavy (non-hydrogen) atoms. The van der Waals surface area contributed by atoms with Crippen LogP contribution >= 0.6 is 0 Å². The standard InChI is InChI=1S/C18H27NO2/c1-14-6-2-3-7-15(14)12-19-13-16-8-4-9-17-18(16)21-11-5-10-20-17/h4,8-9,14-15,19H,2-3,5-7,10-13H2,1H3. The first-order chi connectivity index (χ1) is 10.3. The van der Waals surface area contributed by atoms with Gasteiger partial charge in [0, 0.05) is 18.5 Å². The lowest BCUT2D eigenvalue weighted by molar-refractivity contribution is 0.247. The van der Waals surface area contributed by atoms with Gasteiger partial charge in [-0.05, 0) is 30.9 Å². The van der Waals surface area contributed by atoms with Crippen LogP contribution in [0, 0.1) is 11.8 Å². The Morgan fingerprint density at radius 1 is 1.10 bits per heavy atom. The van der Waals surface area contributed by atoms with Crippen LogP contribution in [-0.2, 0) is 6.54 Å². The molecule has 3 nitrogen and oxygen atoms in total. The van der Waals surface area contributed by atoms with Crippen molar-refractivity contribution in [3.05, 3.63) is 23.8 Å². The average molecular weight is 289 g/mol. The number of rotatable bonds is 4. The second kappa shape index (κ2) is 7.17. The molecule has 1 fully saturated rings. The van der Waals surface area contributed by atoms with Crippen molar-refractivity contribution in [3.63, 3.8) is 0 Å². The number of fused-ring (bicyclic) bond motifs is 1. The van der Waals surface area contributed by atoms with Crippen molar-refractivity contribution in [2.45, 2.75) is 45.6 Å². The van der Waals surface area contributed by atoms with Gasteiger partial charge in [0.25, 0.3) is 0 Å². The van der Waals surface area contributed by atoms with Crippen molar-refractivity contribution in [2.75, 3.05) is 19.8 Å². The van der Waals surface area contributed by atoms with E-state index < -0.39 is 0 Å². The fraction of sp³-hybridized carbons (Fsp3) is 0.667. The molecule has 1 aromatic carbocycles. The number of nitrogens with one attached hydrogen (secondary N) is 1. The molecule has 3 heteroatoms. The molecule has 0 saturated heterocycles. The van der Waals surface area contributed by atoms with E-state index in [1.807, 2.05) is 6.07 Å². The smallest absolute Gasteiger partial charge is 0.165 e. The highest BCUT2D eigenvalue weighted by molar-refractivity contribution is 5.47. The predicted octanol–water partition coefficient (Wildman–Crippen LogP) is 3.76. The van der Waals surface area contributed by atoms with Gasteiger partial charge in [0.1, 0.15) is 0 Å². The largest absolute Gasteiger partial charge is 0.490 e. The first kappa shape index (κ1) is 14.7. The highest BCUT2D eigenvalue weighted by Crippen LogP contribution is 2.33. The van der Waals surface area contributed by atoms with Crippen LogP contribution in [0.5, 0.6) is 11.5 Å². The van der Waals surface area contributed by atoms with Gasteiger partial charge in [-0.25, -0.2) is 0 Å². The summed E-state index contributed by atoms with van der Waals surface area (Å²) in [6.07, 6.45) is 6.54. The molecule has 116 valence electrons. The zero-order chi connectivity index (χ0) is 14.5. The van der Waals surface area contributed by atoms with Gasteiger partial charge in [-0.3, -0.25) is 0 Å². The summed E-state index contributed by atoms with van der Waals surface area (Å²) in [5, 5.41) is 3.64. The molecule has 1 aromatic rings. The van der Waals surface area contributed by atoms with Gasteiger partial charge in [-0.2, -0.15) is 0 Å². The molecule has 0 spiro atoms. The fourth-order valence-electron chi connectivity index (χ4n) is 3.48. The van der Waals surface area contributed by atoms with E-state index in [1.165, 1.54) is 31.2 Å². The van der Waals surface area contributed by atoms with Crippen molar-refractivity contribution < 1.29 is 9.47 Å². The third-order valence-corrected chi connectivity index (χ3v) is 4.86. The van der Waals surface area contributed by atoms with Crippen molar-refractivity contribution >= 4 is 0 Å². The number of benzene rings is 1. The summed E-state index contributed by atoms with van der Waals surface area (Å²) in [5.41, 5.74) is 1.22. The molecule has 1 saturated carbocycles. The van der Waals surface area contributed by atoms with E-state index in [1.54, 1.807) is 0 Å². The SMILES string of the molecule is CC1CCCCC1CNCc1cccc2c1OCCCO2. The normalized spacial score (nSPS) is 25.4. The van der Waals surface area contributed by atoms with Crippen LogP contribution in [-0.4, -0.2) is 19.8 Å². The summed E-state index contributed by atoms with van der Waals surface area (Å²) in [6, 6.07) is 6.21. The Bertz CT molecular complexity index is 461. The van der Waals surface area contributed by atoms with Crippen LogP contribution in [0.3, 0.4) is 0 Å². The highest BCUT2D eigenvalue weighted by Gasteiger charge is 2.21. The molecule has 0 aromatic heterocycles.